The summed E-state index contributed by atoms with van der Waals surface area (Å²) in [6.45, 7) is 1.82. The summed E-state index contributed by atoms with van der Waals surface area (Å²) < 4.78 is 8.03. The Labute approximate surface area is 131 Å². The van der Waals surface area contributed by atoms with Gasteiger partial charge in [0, 0.05) is 31.0 Å². The highest BCUT2D eigenvalue weighted by Gasteiger charge is 2.41. The molecule has 2 fully saturated rings. The van der Waals surface area contributed by atoms with Crippen LogP contribution in [-0.2, 0) is 0 Å². The van der Waals surface area contributed by atoms with Crippen LogP contribution in [0, 0.1) is 0 Å². The zero-order valence-electron chi connectivity index (χ0n) is 12.8. The number of para-hydroxylation sites is 1. The minimum Gasteiger partial charge on any atom is -0.492 e. The second kappa shape index (κ2) is 6.13. The quantitative estimate of drug-likeness (QED) is 0.849. The summed E-state index contributed by atoms with van der Waals surface area (Å²) in [6, 6.07) is 14.1. The second-order valence-corrected chi connectivity index (χ2v) is 6.40. The minimum absolute atomic E-state index is 0.582. The fourth-order valence-electron chi connectivity index (χ4n) is 4.11. The molecule has 0 amide bonds. The summed E-state index contributed by atoms with van der Waals surface area (Å²) in [5.74, 6) is 0.973. The van der Waals surface area contributed by atoms with Crippen molar-refractivity contribution >= 4 is 0 Å². The number of aromatic nitrogens is 2. The summed E-state index contributed by atoms with van der Waals surface area (Å²) in [4.78, 5) is 2.67. The molecule has 22 heavy (non-hydrogen) atoms. The van der Waals surface area contributed by atoms with Gasteiger partial charge in [0.15, 0.2) is 0 Å². The van der Waals surface area contributed by atoms with Crippen LogP contribution < -0.4 is 4.74 Å². The van der Waals surface area contributed by atoms with Gasteiger partial charge in [-0.25, -0.2) is 0 Å². The van der Waals surface area contributed by atoms with Gasteiger partial charge in [-0.2, -0.15) is 5.10 Å². The Bertz CT molecular complexity index is 570. The van der Waals surface area contributed by atoms with E-state index in [1.54, 1.807) is 0 Å². The third-order valence-electron chi connectivity index (χ3n) is 5.12. The van der Waals surface area contributed by atoms with Crippen LogP contribution in [0.25, 0.3) is 0 Å². The van der Waals surface area contributed by atoms with Crippen LogP contribution in [0.2, 0.25) is 0 Å². The van der Waals surface area contributed by atoms with E-state index in [2.05, 4.69) is 20.9 Å². The van der Waals surface area contributed by atoms with Gasteiger partial charge in [-0.1, -0.05) is 18.2 Å². The van der Waals surface area contributed by atoms with Crippen LogP contribution in [-0.4, -0.2) is 39.9 Å². The Morgan fingerprint density at radius 3 is 2.45 bits per heavy atom. The van der Waals surface area contributed by atoms with E-state index in [-0.39, 0.29) is 0 Å². The van der Waals surface area contributed by atoms with Crippen molar-refractivity contribution in [1.29, 1.82) is 0 Å². The van der Waals surface area contributed by atoms with Crippen molar-refractivity contribution in [3.8, 4) is 5.75 Å². The normalized spacial score (nSPS) is 27.9. The zero-order chi connectivity index (χ0) is 14.8. The summed E-state index contributed by atoms with van der Waals surface area (Å²) >= 11 is 0. The molecule has 0 saturated carbocycles. The van der Waals surface area contributed by atoms with Crippen LogP contribution in [0.5, 0.6) is 5.75 Å². The average molecular weight is 297 g/mol. The number of hydrogen-bond acceptors (Lipinski definition) is 3. The molecule has 0 radical (unpaired) electrons. The number of fused-ring (bicyclic) bond motifs is 2. The standard InChI is InChI=1S/C18H23N3O/c1-2-5-18(6-3-1)22-12-11-20-15-7-8-16(20)14-17(13-15)21-10-4-9-19-21/h1-6,9-10,15-17H,7-8,11-14H2. The van der Waals surface area contributed by atoms with Crippen molar-refractivity contribution in [2.24, 2.45) is 0 Å². The molecule has 4 nitrogen and oxygen atoms in total. The topological polar surface area (TPSA) is 30.3 Å². The van der Waals surface area contributed by atoms with Crippen molar-refractivity contribution < 1.29 is 4.74 Å². The summed E-state index contributed by atoms with van der Waals surface area (Å²) in [5, 5.41) is 4.44. The minimum atomic E-state index is 0.582. The van der Waals surface area contributed by atoms with Crippen molar-refractivity contribution in [2.75, 3.05) is 13.2 Å². The lowest BCUT2D eigenvalue weighted by molar-refractivity contribution is 0.0861. The number of piperidine rings is 1. The Morgan fingerprint density at radius 1 is 1.00 bits per heavy atom. The first-order chi connectivity index (χ1) is 10.9. The van der Waals surface area contributed by atoms with Crippen molar-refractivity contribution in [3.63, 3.8) is 0 Å². The van der Waals surface area contributed by atoms with E-state index < -0.39 is 0 Å². The smallest absolute Gasteiger partial charge is 0.119 e. The SMILES string of the molecule is c1ccc(OCCN2C3CCC2CC(n2cccn2)C3)cc1. The molecule has 2 atom stereocenters. The number of rotatable bonds is 5. The molecule has 1 aromatic heterocycles. The molecule has 116 valence electrons. The Morgan fingerprint density at radius 2 is 1.77 bits per heavy atom. The number of hydrogen-bond donors (Lipinski definition) is 0. The lowest BCUT2D eigenvalue weighted by Gasteiger charge is -2.38. The van der Waals surface area contributed by atoms with E-state index in [1.807, 2.05) is 42.6 Å². The number of benzene rings is 1. The second-order valence-electron chi connectivity index (χ2n) is 6.40. The molecular weight excluding hydrogens is 274 g/mol. The molecule has 0 N–H and O–H groups in total. The maximum Gasteiger partial charge on any atom is 0.119 e. The van der Waals surface area contributed by atoms with E-state index in [9.17, 15) is 0 Å². The molecule has 1 aromatic carbocycles. The van der Waals surface area contributed by atoms with E-state index in [4.69, 9.17) is 4.74 Å². The van der Waals surface area contributed by atoms with Crippen molar-refractivity contribution in [1.82, 2.24) is 14.7 Å². The van der Waals surface area contributed by atoms with Crippen LogP contribution in [0.15, 0.2) is 48.8 Å². The maximum absolute atomic E-state index is 5.87. The van der Waals surface area contributed by atoms with E-state index in [0.29, 0.717) is 18.1 Å². The highest BCUT2D eigenvalue weighted by atomic mass is 16.5. The van der Waals surface area contributed by atoms with Gasteiger partial charge in [-0.15, -0.1) is 0 Å². The van der Waals surface area contributed by atoms with Gasteiger partial charge in [0.1, 0.15) is 12.4 Å². The highest BCUT2D eigenvalue weighted by molar-refractivity contribution is 5.20. The zero-order valence-corrected chi connectivity index (χ0v) is 12.8. The highest BCUT2D eigenvalue weighted by Crippen LogP contribution is 2.40. The largest absolute Gasteiger partial charge is 0.492 e. The van der Waals surface area contributed by atoms with Gasteiger partial charge in [0.25, 0.3) is 0 Å². The van der Waals surface area contributed by atoms with E-state index in [1.165, 1.54) is 25.7 Å². The lowest BCUT2D eigenvalue weighted by Crippen LogP contribution is -2.45. The number of nitrogens with zero attached hydrogens (tertiary/aromatic N) is 3. The monoisotopic (exact) mass is 297 g/mol. The van der Waals surface area contributed by atoms with E-state index in [0.717, 1.165) is 18.9 Å². The van der Waals surface area contributed by atoms with Crippen LogP contribution in [0.1, 0.15) is 31.7 Å². The third kappa shape index (κ3) is 2.75. The molecule has 2 aliphatic heterocycles. The molecule has 2 unspecified atom stereocenters. The molecule has 4 heteroatoms. The van der Waals surface area contributed by atoms with E-state index >= 15 is 0 Å². The Hall–Kier alpha value is -1.81. The Balaban J connectivity index is 1.33. The fourth-order valence-corrected chi connectivity index (χ4v) is 4.11. The molecule has 3 heterocycles. The van der Waals surface area contributed by atoms with Crippen LogP contribution >= 0.6 is 0 Å². The molecule has 0 spiro atoms. The molecule has 2 saturated heterocycles. The van der Waals surface area contributed by atoms with Crippen molar-refractivity contribution in [3.05, 3.63) is 48.8 Å². The summed E-state index contributed by atoms with van der Waals surface area (Å²) in [5.41, 5.74) is 0. The molecule has 4 rings (SSSR count). The molecule has 0 aliphatic carbocycles. The maximum atomic E-state index is 5.87. The van der Waals surface area contributed by atoms with Gasteiger partial charge in [0.2, 0.25) is 0 Å². The van der Waals surface area contributed by atoms with Crippen LogP contribution in [0.4, 0.5) is 0 Å². The fraction of sp³-hybridized carbons (Fsp3) is 0.500. The molecular formula is C18H23N3O. The average Bonchev–Trinajstić information content (AvgIpc) is 3.16. The molecule has 2 aromatic rings. The first kappa shape index (κ1) is 13.8. The van der Waals surface area contributed by atoms with Crippen molar-refractivity contribution in [2.45, 2.75) is 43.8 Å². The molecule has 2 aliphatic rings. The lowest BCUT2D eigenvalue weighted by atomic mass is 9.97. The molecule has 2 bridgehead atoms. The number of ether oxygens (including phenoxy) is 1. The predicted octanol–water partition coefficient (Wildman–Crippen LogP) is 3.13. The first-order valence-electron chi connectivity index (χ1n) is 8.33. The van der Waals surface area contributed by atoms with Crippen LogP contribution in [0.3, 0.4) is 0 Å². The third-order valence-corrected chi connectivity index (χ3v) is 5.12. The van der Waals surface area contributed by atoms with Gasteiger partial charge in [0.05, 0.1) is 6.04 Å². The summed E-state index contributed by atoms with van der Waals surface area (Å²) in [7, 11) is 0. The van der Waals surface area contributed by atoms with Gasteiger partial charge < -0.3 is 4.74 Å². The van der Waals surface area contributed by atoms with Gasteiger partial charge >= 0.3 is 0 Å². The first-order valence-corrected chi connectivity index (χ1v) is 8.33. The van der Waals surface area contributed by atoms with Gasteiger partial charge in [-0.05, 0) is 43.9 Å². The Kier molecular flexibility index (Phi) is 3.85. The summed E-state index contributed by atoms with van der Waals surface area (Å²) in [6.07, 6.45) is 9.11. The van der Waals surface area contributed by atoms with Gasteiger partial charge in [-0.3, -0.25) is 9.58 Å². The predicted molar refractivity (Wildman–Crippen MR) is 86.0 cm³/mol.